The van der Waals surface area contributed by atoms with Crippen LogP contribution in [0, 0.1) is 0 Å². The lowest BCUT2D eigenvalue weighted by molar-refractivity contribution is -0.835. The highest BCUT2D eigenvalue weighted by molar-refractivity contribution is 7.87. The molecule has 5 rings (SSSR count). The van der Waals surface area contributed by atoms with Crippen LogP contribution in [0.25, 0.3) is 11.0 Å². The highest BCUT2D eigenvalue weighted by atomic mass is 32.2. The molecule has 1 saturated carbocycles. The van der Waals surface area contributed by atoms with Crippen LogP contribution >= 0.6 is 0 Å². The molecule has 1 aliphatic carbocycles. The van der Waals surface area contributed by atoms with Gasteiger partial charge in [-0.1, -0.05) is 0 Å². The largest absolute Gasteiger partial charge is 0.540 e. The molecule has 2 saturated heterocycles. The molecule has 3 fully saturated rings. The predicted octanol–water partition coefficient (Wildman–Crippen LogP) is 3.49. The standard InChI is InChI=1S/C25H32F3N3O7S/c1-22(2,3)37-21(32)30-23-10-12-24(13-11-23,36-16-23)9-7-17-8-14-31(38-39(33,34)25(26,27)28)19-6-5-18(15-35-4)29-20(17)19/h5-6,8,14H,7,9-13,15-16H2,1-4H3/p+1. The molecule has 0 aromatic carbocycles. The van der Waals surface area contributed by atoms with Crippen molar-refractivity contribution in [2.75, 3.05) is 13.7 Å². The monoisotopic (exact) mass is 576 g/mol. The van der Waals surface area contributed by atoms with Gasteiger partial charge in [0.2, 0.25) is 6.20 Å². The number of hydrogen-bond donors (Lipinski definition) is 1. The number of methoxy groups -OCH3 is 1. The number of carbonyl (C=O) groups is 1. The number of aryl methyl sites for hydroxylation is 1. The maximum Gasteiger partial charge on any atom is 0.540 e. The summed E-state index contributed by atoms with van der Waals surface area (Å²) in [6, 6.07) is 4.46. The fourth-order valence-electron chi connectivity index (χ4n) is 5.00. The Balaban J connectivity index is 1.52. The Labute approximate surface area is 224 Å². The van der Waals surface area contributed by atoms with Gasteiger partial charge in [-0.3, -0.25) is 0 Å². The lowest BCUT2D eigenvalue weighted by Crippen LogP contribution is -2.63. The van der Waals surface area contributed by atoms with Gasteiger partial charge < -0.3 is 19.5 Å². The minimum atomic E-state index is -5.89. The highest BCUT2D eigenvalue weighted by Gasteiger charge is 2.52. The summed E-state index contributed by atoms with van der Waals surface area (Å²) in [7, 11) is -4.40. The molecule has 2 aliphatic heterocycles. The second kappa shape index (κ2) is 10.4. The minimum Gasteiger partial charge on any atom is -0.444 e. The van der Waals surface area contributed by atoms with Crippen LogP contribution in [0.5, 0.6) is 0 Å². The number of amides is 1. The topological polar surface area (TPSA) is 117 Å². The molecular weight excluding hydrogens is 543 g/mol. The zero-order valence-electron chi connectivity index (χ0n) is 22.3. The molecule has 1 amide bonds. The minimum absolute atomic E-state index is 0.0615. The van der Waals surface area contributed by atoms with Gasteiger partial charge in [-0.05, 0) is 70.9 Å². The molecule has 0 radical (unpaired) electrons. The van der Waals surface area contributed by atoms with Crippen molar-refractivity contribution in [1.82, 2.24) is 10.3 Å². The van der Waals surface area contributed by atoms with Crippen LogP contribution in [0.15, 0.2) is 24.4 Å². The molecule has 2 bridgehead atoms. The average molecular weight is 577 g/mol. The van der Waals surface area contributed by atoms with Gasteiger partial charge >= 0.3 is 21.7 Å². The van der Waals surface area contributed by atoms with E-state index >= 15 is 0 Å². The van der Waals surface area contributed by atoms with Gasteiger partial charge in [-0.15, -0.1) is 4.28 Å². The normalized spacial score (nSPS) is 23.6. The quantitative estimate of drug-likeness (QED) is 0.375. The van der Waals surface area contributed by atoms with Crippen LogP contribution in [0.2, 0.25) is 0 Å². The number of fused-ring (bicyclic) bond motifs is 4. The van der Waals surface area contributed by atoms with Gasteiger partial charge in [0.05, 0.1) is 30.0 Å². The molecule has 2 aromatic rings. The molecule has 0 spiro atoms. The van der Waals surface area contributed by atoms with Gasteiger partial charge in [0, 0.05) is 24.0 Å². The Morgan fingerprint density at radius 2 is 1.85 bits per heavy atom. The Hall–Kier alpha value is -2.71. The van der Waals surface area contributed by atoms with Crippen LogP contribution in [-0.4, -0.2) is 55.5 Å². The van der Waals surface area contributed by atoms with E-state index in [1.807, 2.05) is 0 Å². The zero-order chi connectivity index (χ0) is 28.7. The van der Waals surface area contributed by atoms with E-state index in [1.165, 1.54) is 25.3 Å². The van der Waals surface area contributed by atoms with Crippen LogP contribution in [-0.2, 0) is 37.4 Å². The Morgan fingerprint density at radius 1 is 1.15 bits per heavy atom. The van der Waals surface area contributed by atoms with E-state index in [0.717, 1.165) is 19.0 Å². The lowest BCUT2D eigenvalue weighted by atomic mass is 9.69. The maximum atomic E-state index is 12.9. The second-order valence-corrected chi connectivity index (χ2v) is 12.6. The predicted molar refractivity (Wildman–Crippen MR) is 132 cm³/mol. The third-order valence-electron chi connectivity index (χ3n) is 7.03. The van der Waals surface area contributed by atoms with Crippen LogP contribution in [0.4, 0.5) is 18.0 Å². The Kier molecular flexibility index (Phi) is 7.78. The number of alkyl carbamates (subject to hydrolysis) is 1. The summed E-state index contributed by atoms with van der Waals surface area (Å²) >= 11 is 0. The van der Waals surface area contributed by atoms with Crippen LogP contribution < -0.4 is 14.3 Å². The molecular formula is C25H33F3N3O7S+. The third-order valence-corrected chi connectivity index (χ3v) is 7.95. The van der Waals surface area contributed by atoms with E-state index in [9.17, 15) is 26.4 Å². The first kappa shape index (κ1) is 29.3. The number of hydrogen-bond acceptors (Lipinski definition) is 8. The van der Waals surface area contributed by atoms with E-state index in [2.05, 4.69) is 14.6 Å². The van der Waals surface area contributed by atoms with Crippen molar-refractivity contribution >= 4 is 27.2 Å². The van der Waals surface area contributed by atoms with Gasteiger partial charge in [0.15, 0.2) is 0 Å². The molecule has 3 aliphatic rings. The van der Waals surface area contributed by atoms with Crippen molar-refractivity contribution in [3.63, 3.8) is 0 Å². The number of pyridine rings is 2. The fourth-order valence-corrected chi connectivity index (χ4v) is 5.42. The summed E-state index contributed by atoms with van der Waals surface area (Å²) in [5.41, 5.74) is -5.52. The van der Waals surface area contributed by atoms with Crippen molar-refractivity contribution < 1.29 is 49.6 Å². The summed E-state index contributed by atoms with van der Waals surface area (Å²) in [4.78, 5) is 16.9. The van der Waals surface area contributed by atoms with E-state index in [1.54, 1.807) is 20.8 Å². The summed E-state index contributed by atoms with van der Waals surface area (Å²) in [5, 5.41) is 2.99. The lowest BCUT2D eigenvalue weighted by Gasteiger charge is -2.53. The van der Waals surface area contributed by atoms with E-state index in [-0.39, 0.29) is 12.1 Å². The summed E-state index contributed by atoms with van der Waals surface area (Å²) in [5.74, 6) is 0. The smallest absolute Gasteiger partial charge is 0.444 e. The first-order chi connectivity index (χ1) is 18.1. The number of halogens is 3. The van der Waals surface area contributed by atoms with Crippen molar-refractivity contribution in [2.45, 2.75) is 88.2 Å². The van der Waals surface area contributed by atoms with Crippen LogP contribution in [0.3, 0.4) is 0 Å². The molecule has 10 nitrogen and oxygen atoms in total. The van der Waals surface area contributed by atoms with Crippen molar-refractivity contribution in [2.24, 2.45) is 0 Å². The fraction of sp³-hybridized carbons (Fsp3) is 0.640. The number of alkyl halides is 3. The Bertz CT molecular complexity index is 1320. The highest BCUT2D eigenvalue weighted by Crippen LogP contribution is 2.46. The number of aromatic nitrogens is 2. The molecule has 216 valence electrons. The van der Waals surface area contributed by atoms with E-state index in [4.69, 9.17) is 14.2 Å². The first-order valence-electron chi connectivity index (χ1n) is 12.5. The second-order valence-electron chi connectivity index (χ2n) is 11.1. The molecule has 14 heteroatoms. The SMILES string of the molecule is COCc1ccc2c(n1)c(CCC13CCC(NC(=O)OC(C)(C)C)(CC1)CO3)cc[n+]2OS(=O)(=O)C(F)(F)F. The van der Waals surface area contributed by atoms with Crippen molar-refractivity contribution in [1.29, 1.82) is 0 Å². The number of carbonyl (C=O) groups excluding carboxylic acids is 1. The van der Waals surface area contributed by atoms with Crippen molar-refractivity contribution in [3.05, 3.63) is 35.7 Å². The molecule has 39 heavy (non-hydrogen) atoms. The van der Waals surface area contributed by atoms with Crippen molar-refractivity contribution in [3.8, 4) is 0 Å². The van der Waals surface area contributed by atoms with Gasteiger partial charge in [0.1, 0.15) is 11.1 Å². The Morgan fingerprint density at radius 3 is 2.41 bits per heavy atom. The number of rotatable bonds is 8. The molecule has 0 atom stereocenters. The average Bonchev–Trinajstić information content (AvgIpc) is 2.83. The van der Waals surface area contributed by atoms with Gasteiger partial charge in [-0.25, -0.2) is 9.78 Å². The van der Waals surface area contributed by atoms with Crippen LogP contribution in [0.1, 0.15) is 64.1 Å². The van der Waals surface area contributed by atoms with Gasteiger partial charge in [0.25, 0.3) is 5.52 Å². The number of nitrogens with zero attached hydrogens (tertiary/aromatic N) is 2. The molecule has 2 aromatic heterocycles. The van der Waals surface area contributed by atoms with E-state index < -0.39 is 38.5 Å². The summed E-state index contributed by atoms with van der Waals surface area (Å²) in [6.45, 7) is 5.91. The maximum absolute atomic E-state index is 12.9. The molecule has 1 N–H and O–H groups in total. The first-order valence-corrected chi connectivity index (χ1v) is 14.0. The summed E-state index contributed by atoms with van der Waals surface area (Å²) in [6.07, 6.45) is 4.60. The van der Waals surface area contributed by atoms with E-state index in [0.29, 0.717) is 53.8 Å². The zero-order valence-corrected chi connectivity index (χ0v) is 23.1. The third kappa shape index (κ3) is 6.55. The summed E-state index contributed by atoms with van der Waals surface area (Å²) < 4.78 is 83.8. The number of nitrogens with one attached hydrogen (secondary N) is 1. The molecule has 0 unspecified atom stereocenters. The number of ether oxygens (including phenoxy) is 3. The van der Waals surface area contributed by atoms with Gasteiger partial charge in [-0.2, -0.15) is 21.6 Å². The molecule has 4 heterocycles.